The van der Waals surface area contributed by atoms with Crippen molar-refractivity contribution in [2.75, 3.05) is 33.4 Å². The zero-order valence-electron chi connectivity index (χ0n) is 23.8. The number of fused-ring (bicyclic) bond motifs is 1. The number of imidazole rings is 1. The second-order valence-corrected chi connectivity index (χ2v) is 12.6. The predicted octanol–water partition coefficient (Wildman–Crippen LogP) is 4.37. The van der Waals surface area contributed by atoms with E-state index in [1.54, 1.807) is 10.8 Å². The third-order valence-electron chi connectivity index (χ3n) is 10.2. The Balaban J connectivity index is 1.33. The van der Waals surface area contributed by atoms with Gasteiger partial charge in [-0.25, -0.2) is 15.6 Å². The number of halogens is 3. The molecule has 0 spiro atoms. The van der Waals surface area contributed by atoms with Crippen molar-refractivity contribution in [3.63, 3.8) is 0 Å². The minimum atomic E-state index is -4.56. The average Bonchev–Trinajstić information content (AvgIpc) is 3.47. The summed E-state index contributed by atoms with van der Waals surface area (Å²) in [5.74, 6) is 1.52. The minimum absolute atomic E-state index is 0.0174. The third kappa shape index (κ3) is 5.24. The second-order valence-electron chi connectivity index (χ2n) is 12.6. The summed E-state index contributed by atoms with van der Waals surface area (Å²) in [6, 6.07) is 0.879. The standard InChI is InChI=1S/C29H43F3N6O2/c1-18-14-36(10-11-40-18)19(2)22-13-24(29(30,31)32)25-16-37(28(39)38(25)15-22)23-9-5-8-21(12-23)26(20-6-4-7-20)27-34-33-17-35(27)3/h13,15-16,18-21,23,26-27,33-34H,4-12,14,17H2,1-3H3/t18-,19-,21?,23?,26+,27?/m1/s1. The van der Waals surface area contributed by atoms with E-state index >= 15 is 0 Å². The fraction of sp³-hybridized carbons (Fsp3) is 0.759. The Morgan fingerprint density at radius 3 is 2.50 bits per heavy atom. The van der Waals surface area contributed by atoms with Crippen LogP contribution in [0.2, 0.25) is 0 Å². The van der Waals surface area contributed by atoms with Crippen molar-refractivity contribution >= 4 is 5.52 Å². The zero-order chi connectivity index (χ0) is 28.2. The molecule has 2 N–H and O–H groups in total. The van der Waals surface area contributed by atoms with Crippen LogP contribution in [-0.2, 0) is 10.9 Å². The van der Waals surface area contributed by atoms with Gasteiger partial charge >= 0.3 is 11.9 Å². The number of pyridine rings is 1. The van der Waals surface area contributed by atoms with Crippen molar-refractivity contribution in [1.82, 2.24) is 29.6 Å². The Bertz CT molecular complexity index is 1260. The number of nitrogens with zero attached hydrogens (tertiary/aromatic N) is 4. The molecule has 2 aromatic rings. The number of rotatable bonds is 6. The molecule has 0 bridgehead atoms. The molecule has 4 fully saturated rings. The summed E-state index contributed by atoms with van der Waals surface area (Å²) in [4.78, 5) is 18.2. The van der Waals surface area contributed by atoms with Gasteiger partial charge < -0.3 is 4.74 Å². The molecule has 4 heterocycles. The van der Waals surface area contributed by atoms with Crippen LogP contribution in [0.25, 0.3) is 5.52 Å². The zero-order valence-corrected chi connectivity index (χ0v) is 23.8. The Hall–Kier alpha value is -1.92. The first kappa shape index (κ1) is 28.2. The van der Waals surface area contributed by atoms with Crippen LogP contribution in [0.15, 0.2) is 23.3 Å². The van der Waals surface area contributed by atoms with Gasteiger partial charge in [0.2, 0.25) is 0 Å². The molecule has 11 heteroatoms. The van der Waals surface area contributed by atoms with E-state index in [1.165, 1.54) is 35.9 Å². The van der Waals surface area contributed by atoms with E-state index in [4.69, 9.17) is 4.74 Å². The summed E-state index contributed by atoms with van der Waals surface area (Å²) in [6.45, 7) is 6.51. The minimum Gasteiger partial charge on any atom is -0.376 e. The van der Waals surface area contributed by atoms with E-state index in [-0.39, 0.29) is 35.6 Å². The molecule has 0 radical (unpaired) electrons. The van der Waals surface area contributed by atoms with Crippen LogP contribution in [-0.4, -0.2) is 64.5 Å². The Kier molecular flexibility index (Phi) is 7.80. The summed E-state index contributed by atoms with van der Waals surface area (Å²) in [5, 5.41) is 0. The van der Waals surface area contributed by atoms with Crippen LogP contribution < -0.4 is 16.5 Å². The molecule has 6 rings (SSSR count). The van der Waals surface area contributed by atoms with Crippen molar-refractivity contribution in [1.29, 1.82) is 0 Å². The number of hydrogen-bond acceptors (Lipinski definition) is 6. The highest BCUT2D eigenvalue weighted by molar-refractivity contribution is 5.56. The first-order valence-corrected chi connectivity index (χ1v) is 15.0. The number of aromatic nitrogens is 2. The maximum atomic E-state index is 14.4. The van der Waals surface area contributed by atoms with Crippen molar-refractivity contribution in [3.8, 4) is 0 Å². The lowest BCUT2D eigenvalue weighted by Crippen LogP contribution is -2.50. The third-order valence-corrected chi connectivity index (χ3v) is 10.2. The largest absolute Gasteiger partial charge is 0.418 e. The van der Waals surface area contributed by atoms with Crippen molar-refractivity contribution in [2.24, 2.45) is 17.8 Å². The molecular formula is C29H43F3N6O2. The highest BCUT2D eigenvalue weighted by Crippen LogP contribution is 2.47. The number of hydrazine groups is 1. The molecule has 2 aliphatic heterocycles. The lowest BCUT2D eigenvalue weighted by atomic mass is 9.65. The van der Waals surface area contributed by atoms with Gasteiger partial charge in [-0.1, -0.05) is 25.7 Å². The molecule has 8 nitrogen and oxygen atoms in total. The van der Waals surface area contributed by atoms with E-state index in [9.17, 15) is 18.0 Å². The van der Waals surface area contributed by atoms with Crippen LogP contribution in [0, 0.1) is 17.8 Å². The molecule has 2 saturated carbocycles. The van der Waals surface area contributed by atoms with Gasteiger partial charge in [-0.3, -0.25) is 18.8 Å². The highest BCUT2D eigenvalue weighted by atomic mass is 19.4. The van der Waals surface area contributed by atoms with E-state index in [2.05, 4.69) is 27.7 Å². The molecule has 4 aliphatic rings. The van der Waals surface area contributed by atoms with Crippen LogP contribution in [0.5, 0.6) is 0 Å². The van der Waals surface area contributed by atoms with Crippen LogP contribution in [0.3, 0.4) is 0 Å². The van der Waals surface area contributed by atoms with E-state index in [0.717, 1.165) is 32.4 Å². The summed E-state index contributed by atoms with van der Waals surface area (Å²) < 4.78 is 51.7. The van der Waals surface area contributed by atoms with Crippen molar-refractivity contribution in [2.45, 2.75) is 89.3 Å². The molecule has 2 saturated heterocycles. The van der Waals surface area contributed by atoms with Gasteiger partial charge in [-0.2, -0.15) is 13.2 Å². The van der Waals surface area contributed by atoms with E-state index in [1.807, 2.05) is 13.8 Å². The quantitative estimate of drug-likeness (QED) is 0.543. The molecule has 0 amide bonds. The predicted molar refractivity (Wildman–Crippen MR) is 147 cm³/mol. The van der Waals surface area contributed by atoms with Gasteiger partial charge in [0.1, 0.15) is 0 Å². The number of hydrogen-bond donors (Lipinski definition) is 2. The van der Waals surface area contributed by atoms with Crippen LogP contribution in [0.4, 0.5) is 13.2 Å². The monoisotopic (exact) mass is 564 g/mol. The Labute approximate surface area is 233 Å². The molecule has 2 aliphatic carbocycles. The first-order valence-electron chi connectivity index (χ1n) is 15.0. The Morgan fingerprint density at radius 2 is 1.85 bits per heavy atom. The summed E-state index contributed by atoms with van der Waals surface area (Å²) >= 11 is 0. The lowest BCUT2D eigenvalue weighted by Gasteiger charge is -2.46. The number of alkyl halides is 3. The molecule has 222 valence electrons. The maximum absolute atomic E-state index is 14.4. The molecular weight excluding hydrogens is 521 g/mol. The fourth-order valence-corrected chi connectivity index (χ4v) is 7.75. The summed E-state index contributed by atoms with van der Waals surface area (Å²) in [5.41, 5.74) is 6.10. The molecule has 0 aromatic carbocycles. The van der Waals surface area contributed by atoms with Gasteiger partial charge in [0.25, 0.3) is 0 Å². The molecule has 2 aromatic heterocycles. The number of ether oxygens (including phenoxy) is 1. The second kappa shape index (κ2) is 11.1. The smallest absolute Gasteiger partial charge is 0.376 e. The summed E-state index contributed by atoms with van der Waals surface area (Å²) in [6.07, 6.45) is 6.23. The van der Waals surface area contributed by atoms with Crippen LogP contribution >= 0.6 is 0 Å². The number of nitrogens with one attached hydrogen (secondary N) is 2. The Morgan fingerprint density at radius 1 is 1.10 bits per heavy atom. The average molecular weight is 565 g/mol. The molecule has 40 heavy (non-hydrogen) atoms. The first-order chi connectivity index (χ1) is 19.1. The van der Waals surface area contributed by atoms with Crippen molar-refractivity contribution < 1.29 is 17.9 Å². The fourth-order valence-electron chi connectivity index (χ4n) is 7.75. The SMILES string of the molecule is C[C@@H]1CN([C@H](C)c2cc(C(F)(F)F)c3cn(C4CCCC([C@H](C5CCC5)C5NNCN5C)C4)c(=O)n3c2)CCO1. The molecule has 3 unspecified atom stereocenters. The van der Waals surface area contributed by atoms with Gasteiger partial charge in [0, 0.05) is 37.6 Å². The van der Waals surface area contributed by atoms with E-state index in [0.29, 0.717) is 43.0 Å². The van der Waals surface area contributed by atoms with Crippen molar-refractivity contribution in [3.05, 3.63) is 40.1 Å². The summed E-state index contributed by atoms with van der Waals surface area (Å²) in [7, 11) is 2.13. The topological polar surface area (TPSA) is 66.2 Å². The highest BCUT2D eigenvalue weighted by Gasteiger charge is 2.44. The van der Waals surface area contributed by atoms with Gasteiger partial charge in [-0.15, -0.1) is 0 Å². The maximum Gasteiger partial charge on any atom is 0.418 e. The number of morpholine rings is 1. The van der Waals surface area contributed by atoms with Crippen LogP contribution in [0.1, 0.15) is 82.0 Å². The van der Waals surface area contributed by atoms with E-state index < -0.39 is 11.7 Å². The normalized spacial score (nSPS) is 30.9. The van der Waals surface area contributed by atoms with Gasteiger partial charge in [0.15, 0.2) is 0 Å². The lowest BCUT2D eigenvalue weighted by molar-refractivity contribution is -0.136. The molecule has 6 atom stereocenters. The van der Waals surface area contributed by atoms with Gasteiger partial charge in [-0.05, 0) is 69.5 Å². The van der Waals surface area contributed by atoms with Gasteiger partial charge in [0.05, 0.1) is 36.6 Å².